The number of carbonyl (C=O) groups excluding carboxylic acids is 1. The Balaban J connectivity index is 2.67. The number of nitrogens with one attached hydrogen (secondary N) is 1. The summed E-state index contributed by atoms with van der Waals surface area (Å²) in [6, 6.07) is 9.18. The SMILES string of the molecule is CC(C)(C#N)c1ccc(NC(=O)OCCO)cc1. The fourth-order valence-electron chi connectivity index (χ4n) is 1.33. The van der Waals surface area contributed by atoms with Crippen LogP contribution in [0.1, 0.15) is 19.4 Å². The minimum atomic E-state index is -0.614. The Labute approximate surface area is 106 Å². The molecule has 0 aliphatic rings. The molecule has 0 heterocycles. The summed E-state index contributed by atoms with van der Waals surface area (Å²) in [5.74, 6) is 0. The third-order valence-electron chi connectivity index (χ3n) is 2.46. The first kappa shape index (κ1) is 14.0. The summed E-state index contributed by atoms with van der Waals surface area (Å²) < 4.78 is 4.66. The van der Waals surface area contributed by atoms with Crippen LogP contribution in [0.4, 0.5) is 10.5 Å². The first-order valence-corrected chi connectivity index (χ1v) is 5.56. The molecule has 18 heavy (non-hydrogen) atoms. The van der Waals surface area contributed by atoms with Gasteiger partial charge in [0, 0.05) is 5.69 Å². The molecule has 96 valence electrons. The molecule has 1 aromatic carbocycles. The molecule has 0 aromatic heterocycles. The van der Waals surface area contributed by atoms with Crippen LogP contribution >= 0.6 is 0 Å². The van der Waals surface area contributed by atoms with Gasteiger partial charge in [-0.25, -0.2) is 4.79 Å². The summed E-state index contributed by atoms with van der Waals surface area (Å²) in [6.07, 6.45) is -0.614. The van der Waals surface area contributed by atoms with Crippen molar-refractivity contribution in [2.45, 2.75) is 19.3 Å². The molecule has 0 atom stereocenters. The van der Waals surface area contributed by atoms with E-state index in [4.69, 9.17) is 10.4 Å². The van der Waals surface area contributed by atoms with Gasteiger partial charge in [-0.3, -0.25) is 5.32 Å². The van der Waals surface area contributed by atoms with Crippen LogP contribution in [0.15, 0.2) is 24.3 Å². The second-order valence-corrected chi connectivity index (χ2v) is 4.30. The zero-order valence-corrected chi connectivity index (χ0v) is 10.4. The molecule has 0 unspecified atom stereocenters. The van der Waals surface area contributed by atoms with Gasteiger partial charge in [-0.1, -0.05) is 12.1 Å². The molecule has 5 nitrogen and oxygen atoms in total. The van der Waals surface area contributed by atoms with Gasteiger partial charge in [-0.2, -0.15) is 5.26 Å². The lowest BCUT2D eigenvalue weighted by Crippen LogP contribution is -2.16. The molecule has 0 saturated heterocycles. The third kappa shape index (κ3) is 3.75. The predicted octanol–water partition coefficient (Wildman–Crippen LogP) is 2.03. The van der Waals surface area contributed by atoms with Gasteiger partial charge in [0.25, 0.3) is 0 Å². The van der Waals surface area contributed by atoms with E-state index in [0.717, 1.165) is 5.56 Å². The molecular formula is C13H16N2O3. The monoisotopic (exact) mass is 248 g/mol. The largest absolute Gasteiger partial charge is 0.447 e. The number of nitriles is 1. The van der Waals surface area contributed by atoms with Crippen LogP contribution in [0.3, 0.4) is 0 Å². The molecule has 0 saturated carbocycles. The van der Waals surface area contributed by atoms with Crippen molar-refractivity contribution in [1.29, 1.82) is 5.26 Å². The summed E-state index contributed by atoms with van der Waals surface area (Å²) in [4.78, 5) is 11.2. The maximum atomic E-state index is 11.2. The van der Waals surface area contributed by atoms with Crippen LogP contribution in [-0.4, -0.2) is 24.4 Å². The fraction of sp³-hybridized carbons (Fsp3) is 0.385. The van der Waals surface area contributed by atoms with Crippen LogP contribution < -0.4 is 5.32 Å². The molecule has 0 aliphatic carbocycles. The topological polar surface area (TPSA) is 82.4 Å². The van der Waals surface area contributed by atoms with Gasteiger partial charge in [0.05, 0.1) is 18.1 Å². The number of hydrogen-bond acceptors (Lipinski definition) is 4. The Bertz CT molecular complexity index is 446. The number of ether oxygens (including phenoxy) is 1. The highest BCUT2D eigenvalue weighted by molar-refractivity contribution is 5.84. The average Bonchev–Trinajstić information content (AvgIpc) is 2.37. The van der Waals surface area contributed by atoms with Crippen molar-refractivity contribution in [3.05, 3.63) is 29.8 Å². The van der Waals surface area contributed by atoms with E-state index >= 15 is 0 Å². The quantitative estimate of drug-likeness (QED) is 0.854. The molecule has 2 N–H and O–H groups in total. The van der Waals surface area contributed by atoms with Gasteiger partial charge >= 0.3 is 6.09 Å². The highest BCUT2D eigenvalue weighted by atomic mass is 16.6. The van der Waals surface area contributed by atoms with Crippen molar-refractivity contribution < 1.29 is 14.6 Å². The molecule has 0 fully saturated rings. The fourth-order valence-corrected chi connectivity index (χ4v) is 1.33. The van der Waals surface area contributed by atoms with E-state index < -0.39 is 11.5 Å². The van der Waals surface area contributed by atoms with Gasteiger partial charge in [0.1, 0.15) is 6.61 Å². The summed E-state index contributed by atoms with van der Waals surface area (Å²) in [6.45, 7) is 3.41. The van der Waals surface area contributed by atoms with Crippen LogP contribution in [0, 0.1) is 11.3 Å². The number of benzene rings is 1. The molecule has 1 aromatic rings. The molecule has 1 rings (SSSR count). The Morgan fingerprint density at radius 3 is 2.56 bits per heavy atom. The molecule has 1 amide bonds. The average molecular weight is 248 g/mol. The zero-order valence-electron chi connectivity index (χ0n) is 10.4. The van der Waals surface area contributed by atoms with Gasteiger partial charge < -0.3 is 9.84 Å². The summed E-state index contributed by atoms with van der Waals surface area (Å²) in [5.41, 5.74) is 0.894. The second kappa shape index (κ2) is 6.03. The third-order valence-corrected chi connectivity index (χ3v) is 2.46. The van der Waals surface area contributed by atoms with E-state index in [1.165, 1.54) is 0 Å². The number of amides is 1. The first-order valence-electron chi connectivity index (χ1n) is 5.56. The smallest absolute Gasteiger partial charge is 0.411 e. The number of anilines is 1. The molecule has 0 aliphatic heterocycles. The predicted molar refractivity (Wildman–Crippen MR) is 67.1 cm³/mol. The van der Waals surface area contributed by atoms with Crippen molar-refractivity contribution in [2.75, 3.05) is 18.5 Å². The van der Waals surface area contributed by atoms with Crippen LogP contribution in [0.25, 0.3) is 0 Å². The van der Waals surface area contributed by atoms with E-state index in [1.54, 1.807) is 24.3 Å². The van der Waals surface area contributed by atoms with Crippen LogP contribution in [0.5, 0.6) is 0 Å². The lowest BCUT2D eigenvalue weighted by molar-refractivity contribution is 0.131. The Hall–Kier alpha value is -2.06. The van der Waals surface area contributed by atoms with Gasteiger partial charge in [0.15, 0.2) is 0 Å². The summed E-state index contributed by atoms with van der Waals surface area (Å²) in [7, 11) is 0. The van der Waals surface area contributed by atoms with Crippen LogP contribution in [0.2, 0.25) is 0 Å². The number of carbonyl (C=O) groups is 1. The summed E-state index contributed by atoms with van der Waals surface area (Å²) in [5, 5.41) is 20.0. The Morgan fingerprint density at radius 1 is 1.44 bits per heavy atom. The molecule has 0 bridgehead atoms. The molecule has 0 spiro atoms. The van der Waals surface area contributed by atoms with Crippen molar-refractivity contribution >= 4 is 11.8 Å². The number of rotatable bonds is 4. The number of aliphatic hydroxyl groups is 1. The van der Waals surface area contributed by atoms with Gasteiger partial charge in [0.2, 0.25) is 0 Å². The van der Waals surface area contributed by atoms with E-state index in [2.05, 4.69) is 16.1 Å². The normalized spacial score (nSPS) is 10.6. The van der Waals surface area contributed by atoms with Gasteiger partial charge in [-0.15, -0.1) is 0 Å². The van der Waals surface area contributed by atoms with Crippen molar-refractivity contribution in [1.82, 2.24) is 0 Å². The minimum Gasteiger partial charge on any atom is -0.447 e. The maximum Gasteiger partial charge on any atom is 0.411 e. The lowest BCUT2D eigenvalue weighted by Gasteiger charge is -2.16. The van der Waals surface area contributed by atoms with E-state index in [9.17, 15) is 4.79 Å². The Morgan fingerprint density at radius 2 is 2.06 bits per heavy atom. The van der Waals surface area contributed by atoms with E-state index in [1.807, 2.05) is 13.8 Å². The minimum absolute atomic E-state index is 0.0363. The zero-order chi connectivity index (χ0) is 13.6. The standard InChI is InChI=1S/C13H16N2O3/c1-13(2,9-14)10-3-5-11(6-4-10)15-12(17)18-8-7-16/h3-6,16H,7-8H2,1-2H3,(H,15,17). The van der Waals surface area contributed by atoms with Crippen molar-refractivity contribution in [3.63, 3.8) is 0 Å². The number of aliphatic hydroxyl groups excluding tert-OH is 1. The molecule has 5 heteroatoms. The maximum absolute atomic E-state index is 11.2. The van der Waals surface area contributed by atoms with E-state index in [0.29, 0.717) is 5.69 Å². The molecule has 0 radical (unpaired) electrons. The van der Waals surface area contributed by atoms with Crippen LogP contribution in [-0.2, 0) is 10.2 Å². The Kier molecular flexibility index (Phi) is 4.69. The second-order valence-electron chi connectivity index (χ2n) is 4.30. The summed E-state index contributed by atoms with van der Waals surface area (Å²) >= 11 is 0. The lowest BCUT2D eigenvalue weighted by atomic mass is 9.86. The van der Waals surface area contributed by atoms with Crippen molar-refractivity contribution in [3.8, 4) is 6.07 Å². The van der Waals surface area contributed by atoms with Crippen molar-refractivity contribution in [2.24, 2.45) is 0 Å². The highest BCUT2D eigenvalue weighted by Gasteiger charge is 2.19. The van der Waals surface area contributed by atoms with E-state index in [-0.39, 0.29) is 13.2 Å². The van der Waals surface area contributed by atoms with Gasteiger partial charge in [-0.05, 0) is 31.5 Å². The number of hydrogen-bond donors (Lipinski definition) is 2. The highest BCUT2D eigenvalue weighted by Crippen LogP contribution is 2.23. The molecular weight excluding hydrogens is 232 g/mol. The first-order chi connectivity index (χ1) is 8.49. The number of nitrogens with zero attached hydrogens (tertiary/aromatic N) is 1.